The van der Waals surface area contributed by atoms with Gasteiger partial charge in [0.25, 0.3) is 0 Å². The quantitative estimate of drug-likeness (QED) is 0.399. The van der Waals surface area contributed by atoms with Crippen LogP contribution in [0.25, 0.3) is 11.8 Å². The molecule has 1 rings (SSSR count). The van der Waals surface area contributed by atoms with Crippen molar-refractivity contribution in [3.8, 4) is 0 Å². The Kier molecular flexibility index (Phi) is 9.52. The lowest BCUT2D eigenvalue weighted by molar-refractivity contribution is -0.118. The highest BCUT2D eigenvalue weighted by molar-refractivity contribution is 8.13. The summed E-state index contributed by atoms with van der Waals surface area (Å²) in [5.41, 5.74) is 1.80. The number of rotatable bonds is 6. The van der Waals surface area contributed by atoms with E-state index in [-0.39, 0.29) is 12.3 Å². The Morgan fingerprint density at radius 3 is 2.47 bits per heavy atom. The Morgan fingerprint density at radius 2 is 1.93 bits per heavy atom. The molecule has 0 aliphatic carbocycles. The molecule has 1 aromatic carbocycles. The number of aliphatic imine (C=N–C) groups is 1. The van der Waals surface area contributed by atoms with E-state index in [0.29, 0.717) is 22.0 Å². The number of amides is 2. The minimum Gasteiger partial charge on any atom is -0.444 e. The minimum atomic E-state index is -0.678. The molecular weight excluding hydrogens is 402 g/mol. The van der Waals surface area contributed by atoms with Gasteiger partial charge in [-0.25, -0.2) is 9.79 Å². The highest BCUT2D eigenvalue weighted by atomic mass is 32.2. The maximum Gasteiger partial charge on any atom is 0.408 e. The van der Waals surface area contributed by atoms with Crippen molar-refractivity contribution in [2.75, 3.05) is 12.8 Å². The fourth-order valence-corrected chi connectivity index (χ4v) is 2.72. The third-order valence-electron chi connectivity index (χ3n) is 3.58. The summed E-state index contributed by atoms with van der Waals surface area (Å²) < 4.78 is 5.09. The smallest absolute Gasteiger partial charge is 0.408 e. The van der Waals surface area contributed by atoms with Crippen LogP contribution >= 0.6 is 11.8 Å². The highest BCUT2D eigenvalue weighted by Crippen LogP contribution is 2.21. The Morgan fingerprint density at radius 1 is 1.27 bits per heavy atom. The van der Waals surface area contributed by atoms with E-state index in [1.54, 1.807) is 33.1 Å². The second kappa shape index (κ2) is 11.3. The summed E-state index contributed by atoms with van der Waals surface area (Å²) in [6, 6.07) is 5.37. The number of thioether (sulfide) groups is 1. The maximum absolute atomic E-state index is 12.1. The summed E-state index contributed by atoms with van der Waals surface area (Å²) in [5.74, 6) is -0.511. The lowest BCUT2D eigenvalue weighted by Gasteiger charge is -2.19. The van der Waals surface area contributed by atoms with E-state index in [4.69, 9.17) is 4.74 Å². The highest BCUT2D eigenvalue weighted by Gasteiger charge is 2.17. The molecule has 0 atom stereocenters. The molecule has 0 spiro atoms. The SMILES string of the molecule is C=C(N=C(NC(=O)CNC(=O)OC(C)(C)C)SC)c1ccc(/C=C\C)c(C(C)=O)c1. The van der Waals surface area contributed by atoms with Crippen LogP contribution in [0.5, 0.6) is 0 Å². The lowest BCUT2D eigenvalue weighted by atomic mass is 9.99. The second-order valence-electron chi connectivity index (χ2n) is 7.33. The van der Waals surface area contributed by atoms with Crippen LogP contribution in [0.2, 0.25) is 0 Å². The van der Waals surface area contributed by atoms with Crippen LogP contribution in [0, 0.1) is 0 Å². The van der Waals surface area contributed by atoms with Crippen LogP contribution in [0.4, 0.5) is 4.79 Å². The third-order valence-corrected chi connectivity index (χ3v) is 4.16. The number of nitrogens with zero attached hydrogens (tertiary/aromatic N) is 1. The number of hydrogen-bond acceptors (Lipinski definition) is 6. The largest absolute Gasteiger partial charge is 0.444 e. The summed E-state index contributed by atoms with van der Waals surface area (Å²) in [5, 5.41) is 5.32. The molecule has 0 saturated carbocycles. The number of allylic oxidation sites excluding steroid dienone is 1. The van der Waals surface area contributed by atoms with Crippen LogP contribution < -0.4 is 10.6 Å². The molecule has 2 amide bonds. The van der Waals surface area contributed by atoms with Gasteiger partial charge in [0.1, 0.15) is 12.1 Å². The molecule has 0 saturated heterocycles. The standard InChI is InChI=1S/C22H29N3O4S/c1-8-9-16-10-11-17(12-18(16)15(3)26)14(2)24-20(30-7)25-19(27)13-23-21(28)29-22(4,5)6/h8-12H,2,13H2,1,3-7H3,(H,23,28)(H,24,25,27)/b9-8-. The molecule has 162 valence electrons. The van der Waals surface area contributed by atoms with Gasteiger partial charge in [-0.3, -0.25) is 9.59 Å². The Bertz CT molecular complexity index is 883. The molecule has 0 unspecified atom stereocenters. The summed E-state index contributed by atoms with van der Waals surface area (Å²) in [4.78, 5) is 40.0. The summed E-state index contributed by atoms with van der Waals surface area (Å²) in [6.07, 6.45) is 4.80. The summed E-state index contributed by atoms with van der Waals surface area (Å²) >= 11 is 1.22. The third kappa shape index (κ3) is 8.65. The number of nitrogens with one attached hydrogen (secondary N) is 2. The van der Waals surface area contributed by atoms with Gasteiger partial charge in [-0.2, -0.15) is 0 Å². The lowest BCUT2D eigenvalue weighted by Crippen LogP contribution is -2.41. The molecule has 7 nitrogen and oxygen atoms in total. The molecule has 8 heteroatoms. The first-order valence-corrected chi connectivity index (χ1v) is 10.6. The first-order chi connectivity index (χ1) is 14.0. The van der Waals surface area contributed by atoms with Crippen molar-refractivity contribution in [3.63, 3.8) is 0 Å². The van der Waals surface area contributed by atoms with Crippen molar-refractivity contribution in [2.45, 2.75) is 40.2 Å². The topological polar surface area (TPSA) is 96.9 Å². The van der Waals surface area contributed by atoms with Gasteiger partial charge in [0, 0.05) is 11.1 Å². The van der Waals surface area contributed by atoms with Crippen molar-refractivity contribution in [1.82, 2.24) is 10.6 Å². The first kappa shape index (κ1) is 25.2. The first-order valence-electron chi connectivity index (χ1n) is 9.33. The molecule has 2 N–H and O–H groups in total. The number of alkyl carbamates (subject to hydrolysis) is 1. The maximum atomic E-state index is 12.1. The van der Waals surface area contributed by atoms with Crippen molar-refractivity contribution >= 4 is 46.5 Å². The van der Waals surface area contributed by atoms with Gasteiger partial charge in [0.15, 0.2) is 11.0 Å². The van der Waals surface area contributed by atoms with Gasteiger partial charge in [0.05, 0.1) is 5.70 Å². The van der Waals surface area contributed by atoms with Crippen molar-refractivity contribution in [2.24, 2.45) is 4.99 Å². The number of Topliss-reactive ketones (excluding diaryl/α,β-unsaturated/α-hetero) is 1. The summed E-state index contributed by atoms with van der Waals surface area (Å²) in [6.45, 7) is 12.3. The fraction of sp³-hybridized carbons (Fsp3) is 0.364. The van der Waals surface area contributed by atoms with Crippen molar-refractivity contribution in [3.05, 3.63) is 47.5 Å². The van der Waals surface area contributed by atoms with E-state index in [0.717, 1.165) is 5.56 Å². The number of amidine groups is 1. The monoisotopic (exact) mass is 431 g/mol. The van der Waals surface area contributed by atoms with Crippen molar-refractivity contribution in [1.29, 1.82) is 0 Å². The fourth-order valence-electron chi connectivity index (χ4n) is 2.31. The molecule has 1 aromatic rings. The van der Waals surface area contributed by atoms with Crippen LogP contribution in [0.15, 0.2) is 35.8 Å². The van der Waals surface area contributed by atoms with Gasteiger partial charge >= 0.3 is 6.09 Å². The van der Waals surface area contributed by atoms with Gasteiger partial charge in [-0.1, -0.05) is 42.6 Å². The molecule has 0 aliphatic heterocycles. The Hall–Kier alpha value is -2.87. The number of ether oxygens (including phenoxy) is 1. The molecule has 0 fully saturated rings. The Balaban J connectivity index is 2.86. The number of carbonyl (C=O) groups is 3. The minimum absolute atomic E-state index is 0.0617. The zero-order valence-electron chi connectivity index (χ0n) is 18.3. The normalized spacial score (nSPS) is 11.9. The van der Waals surface area contributed by atoms with Gasteiger partial charge < -0.3 is 15.4 Å². The number of benzene rings is 1. The molecule has 0 bridgehead atoms. The number of carbonyl (C=O) groups excluding carboxylic acids is 3. The summed E-state index contributed by atoms with van der Waals surface area (Å²) in [7, 11) is 0. The zero-order chi connectivity index (χ0) is 22.9. The van der Waals surface area contributed by atoms with E-state index >= 15 is 0 Å². The predicted molar refractivity (Wildman–Crippen MR) is 124 cm³/mol. The number of ketones is 1. The number of hydrogen-bond donors (Lipinski definition) is 2. The van der Waals surface area contributed by atoms with E-state index in [9.17, 15) is 14.4 Å². The van der Waals surface area contributed by atoms with E-state index in [2.05, 4.69) is 22.2 Å². The van der Waals surface area contributed by atoms with Crippen LogP contribution in [-0.4, -0.2) is 41.4 Å². The average molecular weight is 432 g/mol. The van der Waals surface area contributed by atoms with Crippen LogP contribution in [0.3, 0.4) is 0 Å². The van der Waals surface area contributed by atoms with Gasteiger partial charge in [0.2, 0.25) is 5.91 Å². The van der Waals surface area contributed by atoms with E-state index in [1.807, 2.05) is 31.2 Å². The van der Waals surface area contributed by atoms with Crippen molar-refractivity contribution < 1.29 is 19.1 Å². The predicted octanol–water partition coefficient (Wildman–Crippen LogP) is 4.25. The zero-order valence-corrected chi connectivity index (χ0v) is 19.1. The van der Waals surface area contributed by atoms with Crippen LogP contribution in [0.1, 0.15) is 56.1 Å². The Labute approximate surface area is 182 Å². The van der Waals surface area contributed by atoms with Crippen LogP contribution in [-0.2, 0) is 9.53 Å². The van der Waals surface area contributed by atoms with Gasteiger partial charge in [-0.05, 0) is 52.5 Å². The molecular formula is C22H29N3O4S. The molecule has 0 aromatic heterocycles. The second-order valence-corrected chi connectivity index (χ2v) is 8.12. The van der Waals surface area contributed by atoms with E-state index in [1.165, 1.54) is 18.7 Å². The van der Waals surface area contributed by atoms with Gasteiger partial charge in [-0.15, -0.1) is 0 Å². The molecule has 0 aliphatic rings. The average Bonchev–Trinajstić information content (AvgIpc) is 2.64. The molecule has 30 heavy (non-hydrogen) atoms. The molecule has 0 heterocycles. The molecule has 0 radical (unpaired) electrons. The van der Waals surface area contributed by atoms with E-state index < -0.39 is 17.6 Å².